The Bertz CT molecular complexity index is 1290. The molecular formula is C29H35F3N4O2. The SMILES string of the molecule is C[C@@H]1C[C@H](n2c(Nc3ccc(OC(F)(F)F)cc3)nc3ccc(C(=O)NC4CCCC4)cc32)CC(C)(C)C1. The number of alkyl halides is 3. The summed E-state index contributed by atoms with van der Waals surface area (Å²) in [6.07, 6.45) is 2.64. The average molecular weight is 529 g/mol. The number of rotatable bonds is 6. The van der Waals surface area contributed by atoms with Gasteiger partial charge in [0.1, 0.15) is 5.75 Å². The van der Waals surface area contributed by atoms with Gasteiger partial charge in [0.25, 0.3) is 5.91 Å². The van der Waals surface area contributed by atoms with Gasteiger partial charge in [-0.25, -0.2) is 4.98 Å². The molecule has 9 heteroatoms. The zero-order valence-corrected chi connectivity index (χ0v) is 22.1. The Morgan fingerprint density at radius 3 is 2.45 bits per heavy atom. The van der Waals surface area contributed by atoms with Crippen molar-refractivity contribution in [2.75, 3.05) is 5.32 Å². The zero-order valence-electron chi connectivity index (χ0n) is 22.1. The molecule has 1 amide bonds. The average Bonchev–Trinajstić information content (AvgIpc) is 3.44. The largest absolute Gasteiger partial charge is 0.573 e. The van der Waals surface area contributed by atoms with Crippen LogP contribution in [0.4, 0.5) is 24.8 Å². The van der Waals surface area contributed by atoms with Crippen LogP contribution in [-0.4, -0.2) is 27.9 Å². The van der Waals surface area contributed by atoms with Gasteiger partial charge >= 0.3 is 6.36 Å². The highest BCUT2D eigenvalue weighted by atomic mass is 19.4. The van der Waals surface area contributed by atoms with Crippen LogP contribution in [-0.2, 0) is 0 Å². The van der Waals surface area contributed by atoms with Gasteiger partial charge in [0.05, 0.1) is 11.0 Å². The summed E-state index contributed by atoms with van der Waals surface area (Å²) in [5, 5.41) is 6.48. The molecule has 1 heterocycles. The van der Waals surface area contributed by atoms with E-state index < -0.39 is 6.36 Å². The minimum Gasteiger partial charge on any atom is -0.406 e. The Morgan fingerprint density at radius 1 is 1.08 bits per heavy atom. The molecule has 1 aromatic heterocycles. The van der Waals surface area contributed by atoms with Crippen LogP contribution >= 0.6 is 0 Å². The van der Waals surface area contributed by atoms with E-state index in [1.165, 1.54) is 12.1 Å². The Kier molecular flexibility index (Phi) is 7.05. The lowest BCUT2D eigenvalue weighted by Crippen LogP contribution is -2.32. The molecule has 0 saturated heterocycles. The summed E-state index contributed by atoms with van der Waals surface area (Å²) in [5.41, 5.74) is 2.98. The minimum atomic E-state index is -4.74. The number of nitrogens with zero attached hydrogens (tertiary/aromatic N) is 2. The summed E-state index contributed by atoms with van der Waals surface area (Å²) in [5.74, 6) is 0.769. The van der Waals surface area contributed by atoms with Crippen molar-refractivity contribution in [3.8, 4) is 5.75 Å². The van der Waals surface area contributed by atoms with Gasteiger partial charge in [0.2, 0.25) is 5.95 Å². The summed E-state index contributed by atoms with van der Waals surface area (Å²) in [7, 11) is 0. The first kappa shape index (κ1) is 26.4. The topological polar surface area (TPSA) is 68.2 Å². The summed E-state index contributed by atoms with van der Waals surface area (Å²) < 4.78 is 43.9. The van der Waals surface area contributed by atoms with Crippen LogP contribution in [0.25, 0.3) is 11.0 Å². The summed E-state index contributed by atoms with van der Waals surface area (Å²) in [6.45, 7) is 6.82. The van der Waals surface area contributed by atoms with Gasteiger partial charge in [0, 0.05) is 23.3 Å². The Labute approximate surface area is 221 Å². The molecule has 0 unspecified atom stereocenters. The standard InChI is InChI=1S/C29H35F3N4O2/c1-18-14-22(17-28(2,3)16-18)36-25-15-19(26(37)33-20-6-4-5-7-20)8-13-24(25)35-27(36)34-21-9-11-23(12-10-21)38-29(30,31)32/h8-13,15,18,20,22H,4-7,14,16-17H2,1-3H3,(H,33,37)(H,34,35)/t18-,22+/m1/s1. The van der Waals surface area contributed by atoms with E-state index >= 15 is 0 Å². The van der Waals surface area contributed by atoms with Crippen molar-refractivity contribution in [2.24, 2.45) is 11.3 Å². The third-order valence-electron chi connectivity index (χ3n) is 7.71. The maximum atomic E-state index is 13.1. The number of fused-ring (bicyclic) bond motifs is 1. The maximum absolute atomic E-state index is 13.1. The number of hydrogen-bond acceptors (Lipinski definition) is 4. The van der Waals surface area contributed by atoms with Crippen LogP contribution in [0.2, 0.25) is 0 Å². The van der Waals surface area contributed by atoms with E-state index in [9.17, 15) is 18.0 Å². The number of carbonyl (C=O) groups is 1. The van der Waals surface area contributed by atoms with E-state index in [-0.39, 0.29) is 29.2 Å². The molecule has 5 rings (SSSR count). The second-order valence-corrected chi connectivity index (χ2v) is 11.7. The predicted molar refractivity (Wildman–Crippen MR) is 142 cm³/mol. The Morgan fingerprint density at radius 2 is 1.79 bits per heavy atom. The van der Waals surface area contributed by atoms with Gasteiger partial charge in [-0.15, -0.1) is 13.2 Å². The van der Waals surface area contributed by atoms with Crippen molar-refractivity contribution in [3.05, 3.63) is 48.0 Å². The number of amides is 1. The normalized spacial score (nSPS) is 21.9. The van der Waals surface area contributed by atoms with Crippen molar-refractivity contribution in [2.45, 2.75) is 84.2 Å². The molecule has 6 nitrogen and oxygen atoms in total. The van der Waals surface area contributed by atoms with Crippen molar-refractivity contribution in [1.29, 1.82) is 0 Å². The highest BCUT2D eigenvalue weighted by Crippen LogP contribution is 2.46. The zero-order chi connectivity index (χ0) is 27.1. The number of halogens is 3. The summed E-state index contributed by atoms with van der Waals surface area (Å²) in [4.78, 5) is 17.9. The second-order valence-electron chi connectivity index (χ2n) is 11.7. The molecule has 2 N–H and O–H groups in total. The first-order valence-corrected chi connectivity index (χ1v) is 13.4. The molecule has 2 aromatic carbocycles. The number of hydrogen-bond donors (Lipinski definition) is 2. The number of benzene rings is 2. The second kappa shape index (κ2) is 10.2. The van der Waals surface area contributed by atoms with Gasteiger partial charge in [-0.05, 0) is 85.9 Å². The fraction of sp³-hybridized carbons (Fsp3) is 0.517. The summed E-state index contributed by atoms with van der Waals surface area (Å²) >= 11 is 0. The van der Waals surface area contributed by atoms with Crippen molar-refractivity contribution in [1.82, 2.24) is 14.9 Å². The highest BCUT2D eigenvalue weighted by Gasteiger charge is 2.35. The molecule has 2 aliphatic rings. The highest BCUT2D eigenvalue weighted by molar-refractivity contribution is 5.98. The lowest BCUT2D eigenvalue weighted by molar-refractivity contribution is -0.274. The lowest BCUT2D eigenvalue weighted by atomic mass is 9.70. The van der Waals surface area contributed by atoms with E-state index in [1.807, 2.05) is 18.2 Å². The summed E-state index contributed by atoms with van der Waals surface area (Å²) in [6, 6.07) is 11.6. The first-order chi connectivity index (χ1) is 18.0. The molecule has 0 spiro atoms. The number of nitrogens with one attached hydrogen (secondary N) is 2. The Balaban J connectivity index is 1.50. The molecule has 2 atom stereocenters. The van der Waals surface area contributed by atoms with Gasteiger partial charge < -0.3 is 19.9 Å². The number of carbonyl (C=O) groups excluding carboxylic acids is 1. The molecule has 0 bridgehead atoms. The van der Waals surface area contributed by atoms with E-state index in [1.54, 1.807) is 12.1 Å². The number of anilines is 2. The van der Waals surface area contributed by atoms with Gasteiger partial charge in [-0.1, -0.05) is 33.6 Å². The maximum Gasteiger partial charge on any atom is 0.573 e. The van der Waals surface area contributed by atoms with Crippen LogP contribution in [0, 0.1) is 11.3 Å². The van der Waals surface area contributed by atoms with Gasteiger partial charge in [0.15, 0.2) is 0 Å². The smallest absolute Gasteiger partial charge is 0.406 e. The molecule has 204 valence electrons. The van der Waals surface area contributed by atoms with Crippen LogP contribution in [0.15, 0.2) is 42.5 Å². The van der Waals surface area contributed by atoms with Crippen LogP contribution in [0.1, 0.15) is 82.1 Å². The minimum absolute atomic E-state index is 0.0707. The third-order valence-corrected chi connectivity index (χ3v) is 7.71. The van der Waals surface area contributed by atoms with Crippen molar-refractivity contribution in [3.63, 3.8) is 0 Å². The quantitative estimate of drug-likeness (QED) is 0.343. The van der Waals surface area contributed by atoms with Crippen molar-refractivity contribution < 1.29 is 22.7 Å². The molecule has 3 aromatic rings. The van der Waals surface area contributed by atoms with E-state index in [4.69, 9.17) is 4.98 Å². The van der Waals surface area contributed by atoms with E-state index in [2.05, 4.69) is 40.7 Å². The van der Waals surface area contributed by atoms with Crippen LogP contribution in [0.3, 0.4) is 0 Å². The fourth-order valence-electron chi connectivity index (χ4n) is 6.39. The van der Waals surface area contributed by atoms with E-state index in [0.29, 0.717) is 23.1 Å². The molecular weight excluding hydrogens is 493 g/mol. The molecule has 0 aliphatic heterocycles. The van der Waals surface area contributed by atoms with Crippen LogP contribution in [0.5, 0.6) is 5.75 Å². The van der Waals surface area contributed by atoms with Crippen LogP contribution < -0.4 is 15.4 Å². The third kappa shape index (κ3) is 6.08. The number of imidazole rings is 1. The van der Waals surface area contributed by atoms with Crippen molar-refractivity contribution >= 4 is 28.6 Å². The molecule has 2 saturated carbocycles. The number of aromatic nitrogens is 2. The monoisotopic (exact) mass is 528 g/mol. The number of ether oxygens (including phenoxy) is 1. The molecule has 2 aliphatic carbocycles. The molecule has 38 heavy (non-hydrogen) atoms. The fourth-order valence-corrected chi connectivity index (χ4v) is 6.39. The predicted octanol–water partition coefficient (Wildman–Crippen LogP) is 7.74. The lowest BCUT2D eigenvalue weighted by Gasteiger charge is -2.40. The Hall–Kier alpha value is -3.23. The van der Waals surface area contributed by atoms with E-state index in [0.717, 1.165) is 56.0 Å². The molecule has 0 radical (unpaired) electrons. The van der Waals surface area contributed by atoms with Gasteiger partial charge in [-0.2, -0.15) is 0 Å². The van der Waals surface area contributed by atoms with Gasteiger partial charge in [-0.3, -0.25) is 4.79 Å². The first-order valence-electron chi connectivity index (χ1n) is 13.4. The molecule has 2 fully saturated rings.